The third-order valence-electron chi connectivity index (χ3n) is 4.65. The van der Waals surface area contributed by atoms with Crippen molar-refractivity contribution in [2.24, 2.45) is 11.8 Å². The summed E-state index contributed by atoms with van der Waals surface area (Å²) >= 11 is 0. The van der Waals surface area contributed by atoms with Gasteiger partial charge in [0.15, 0.2) is 0 Å². The van der Waals surface area contributed by atoms with Crippen LogP contribution in [0.2, 0.25) is 0 Å². The van der Waals surface area contributed by atoms with Gasteiger partial charge in [0.25, 0.3) is 0 Å². The Morgan fingerprint density at radius 1 is 1.20 bits per heavy atom. The van der Waals surface area contributed by atoms with Crippen molar-refractivity contribution in [3.63, 3.8) is 0 Å². The molecule has 25 heavy (non-hydrogen) atoms. The van der Waals surface area contributed by atoms with Gasteiger partial charge in [0, 0.05) is 18.3 Å². The number of amides is 1. The molecule has 1 aliphatic rings. The van der Waals surface area contributed by atoms with E-state index in [0.29, 0.717) is 6.54 Å². The second kappa shape index (κ2) is 7.47. The molecule has 2 aromatic rings. The first kappa shape index (κ1) is 17.2. The lowest BCUT2D eigenvalue weighted by molar-refractivity contribution is -0.124. The van der Waals surface area contributed by atoms with Crippen LogP contribution in [0.1, 0.15) is 25.0 Å². The van der Waals surface area contributed by atoms with Crippen LogP contribution in [0.15, 0.2) is 60.8 Å². The number of aromatic nitrogens is 1. The van der Waals surface area contributed by atoms with Gasteiger partial charge in [-0.25, -0.2) is 0 Å². The summed E-state index contributed by atoms with van der Waals surface area (Å²) in [5.41, 5.74) is 5.64. The maximum Gasteiger partial charge on any atom is 0.227 e. The summed E-state index contributed by atoms with van der Waals surface area (Å²) in [6.45, 7) is 6.82. The van der Waals surface area contributed by atoms with Crippen molar-refractivity contribution in [2.75, 3.05) is 6.54 Å². The topological polar surface area (TPSA) is 42.0 Å². The smallest absolute Gasteiger partial charge is 0.227 e. The van der Waals surface area contributed by atoms with Crippen molar-refractivity contribution in [1.29, 1.82) is 0 Å². The summed E-state index contributed by atoms with van der Waals surface area (Å²) in [5.74, 6) is 0.145. The quantitative estimate of drug-likeness (QED) is 0.902. The molecule has 128 valence electrons. The standard InChI is InChI=1S/C22H24N2O/c1-4-23-22(25)18-12-11-17(14-16(18)3)19-9-7-8-15(2)21(19)20-10-5-6-13-24-20/h5-14,16,18H,4H2,1-3H3,(H,23,25). The van der Waals surface area contributed by atoms with E-state index in [1.807, 2.05) is 37.4 Å². The Balaban J connectivity index is 1.99. The molecular formula is C22H24N2O. The molecule has 2 atom stereocenters. The van der Waals surface area contributed by atoms with Gasteiger partial charge in [-0.05, 0) is 48.6 Å². The number of carbonyl (C=O) groups excluding carboxylic acids is 1. The molecule has 3 rings (SSSR count). The maximum atomic E-state index is 12.2. The van der Waals surface area contributed by atoms with Crippen molar-refractivity contribution >= 4 is 11.5 Å². The Morgan fingerprint density at radius 2 is 2.04 bits per heavy atom. The minimum atomic E-state index is -0.105. The number of benzene rings is 1. The van der Waals surface area contributed by atoms with Crippen molar-refractivity contribution in [2.45, 2.75) is 20.8 Å². The van der Waals surface area contributed by atoms with Gasteiger partial charge in [0.05, 0.1) is 11.6 Å². The molecular weight excluding hydrogens is 308 g/mol. The SMILES string of the molecule is CCNC(=O)C1C=CC(c2cccc(C)c2-c2ccccn2)=CC1C. The molecule has 1 heterocycles. The molecule has 3 nitrogen and oxygen atoms in total. The molecule has 0 saturated heterocycles. The Bertz CT molecular complexity index is 821. The molecule has 1 amide bonds. The van der Waals surface area contributed by atoms with E-state index in [0.717, 1.165) is 22.4 Å². The van der Waals surface area contributed by atoms with Crippen molar-refractivity contribution < 1.29 is 4.79 Å². The van der Waals surface area contributed by atoms with Crippen molar-refractivity contribution in [1.82, 2.24) is 10.3 Å². The number of hydrogen-bond donors (Lipinski definition) is 1. The third-order valence-corrected chi connectivity index (χ3v) is 4.65. The van der Waals surface area contributed by atoms with Gasteiger partial charge in [-0.15, -0.1) is 0 Å². The first-order chi connectivity index (χ1) is 12.1. The van der Waals surface area contributed by atoms with Crippen LogP contribution in [0.4, 0.5) is 0 Å². The molecule has 1 N–H and O–H groups in total. The molecule has 0 saturated carbocycles. The molecule has 0 aliphatic heterocycles. The molecule has 2 unspecified atom stereocenters. The molecule has 0 bridgehead atoms. The predicted octanol–water partition coefficient (Wildman–Crippen LogP) is 4.40. The van der Waals surface area contributed by atoms with E-state index < -0.39 is 0 Å². The van der Waals surface area contributed by atoms with E-state index in [9.17, 15) is 4.79 Å². The second-order valence-corrected chi connectivity index (χ2v) is 6.47. The van der Waals surface area contributed by atoms with Gasteiger partial charge in [-0.2, -0.15) is 0 Å². The summed E-state index contributed by atoms with van der Waals surface area (Å²) in [6.07, 6.45) is 8.11. The number of aryl methyl sites for hydroxylation is 1. The van der Waals surface area contributed by atoms with Crippen molar-refractivity contribution in [3.05, 3.63) is 72.0 Å². The van der Waals surface area contributed by atoms with Crippen LogP contribution < -0.4 is 5.32 Å². The Morgan fingerprint density at radius 3 is 2.72 bits per heavy atom. The lowest BCUT2D eigenvalue weighted by atomic mass is 9.82. The van der Waals surface area contributed by atoms with E-state index in [2.05, 4.69) is 54.5 Å². The largest absolute Gasteiger partial charge is 0.356 e. The highest BCUT2D eigenvalue weighted by atomic mass is 16.1. The highest BCUT2D eigenvalue weighted by molar-refractivity contribution is 5.89. The maximum absolute atomic E-state index is 12.2. The number of hydrogen-bond acceptors (Lipinski definition) is 2. The molecule has 1 aromatic heterocycles. The summed E-state index contributed by atoms with van der Waals surface area (Å²) < 4.78 is 0. The Labute approximate surface area is 149 Å². The van der Waals surface area contributed by atoms with Crippen LogP contribution in [-0.4, -0.2) is 17.4 Å². The van der Waals surface area contributed by atoms with E-state index in [-0.39, 0.29) is 17.7 Å². The van der Waals surface area contributed by atoms with Gasteiger partial charge in [0.1, 0.15) is 0 Å². The van der Waals surface area contributed by atoms with E-state index >= 15 is 0 Å². The van der Waals surface area contributed by atoms with Crippen LogP contribution in [0, 0.1) is 18.8 Å². The van der Waals surface area contributed by atoms with Crippen LogP contribution in [0.3, 0.4) is 0 Å². The number of pyridine rings is 1. The molecule has 1 aliphatic carbocycles. The highest BCUT2D eigenvalue weighted by Crippen LogP contribution is 2.35. The van der Waals surface area contributed by atoms with E-state index in [4.69, 9.17) is 0 Å². The Hall–Kier alpha value is -2.68. The van der Waals surface area contributed by atoms with E-state index in [1.165, 1.54) is 5.56 Å². The minimum absolute atomic E-state index is 0.0933. The number of allylic oxidation sites excluding steroid dienone is 3. The fraction of sp³-hybridized carbons (Fsp3) is 0.273. The van der Waals surface area contributed by atoms with Crippen LogP contribution in [-0.2, 0) is 4.79 Å². The molecule has 3 heteroatoms. The first-order valence-electron chi connectivity index (χ1n) is 8.81. The van der Waals surface area contributed by atoms with Gasteiger partial charge in [-0.1, -0.05) is 49.4 Å². The average Bonchev–Trinajstić information content (AvgIpc) is 2.62. The first-order valence-corrected chi connectivity index (χ1v) is 8.81. The third kappa shape index (κ3) is 3.55. The van der Waals surface area contributed by atoms with Crippen molar-refractivity contribution in [3.8, 4) is 11.3 Å². The molecule has 1 aromatic carbocycles. The highest BCUT2D eigenvalue weighted by Gasteiger charge is 2.24. The van der Waals surface area contributed by atoms with Crippen LogP contribution >= 0.6 is 0 Å². The zero-order valence-electron chi connectivity index (χ0n) is 15.0. The summed E-state index contributed by atoms with van der Waals surface area (Å²) in [6, 6.07) is 12.3. The van der Waals surface area contributed by atoms with Gasteiger partial charge < -0.3 is 5.32 Å². The number of rotatable bonds is 4. The number of nitrogens with zero attached hydrogens (tertiary/aromatic N) is 1. The fourth-order valence-electron chi connectivity index (χ4n) is 3.38. The van der Waals surface area contributed by atoms with Gasteiger partial charge >= 0.3 is 0 Å². The summed E-state index contributed by atoms with van der Waals surface area (Å²) in [5, 5.41) is 2.92. The predicted molar refractivity (Wildman–Crippen MR) is 103 cm³/mol. The van der Waals surface area contributed by atoms with Crippen LogP contribution in [0.5, 0.6) is 0 Å². The number of carbonyl (C=O) groups is 1. The van der Waals surface area contributed by atoms with Gasteiger partial charge in [0.2, 0.25) is 5.91 Å². The average molecular weight is 332 g/mol. The lowest BCUT2D eigenvalue weighted by Gasteiger charge is -2.23. The van der Waals surface area contributed by atoms with Gasteiger partial charge in [-0.3, -0.25) is 9.78 Å². The second-order valence-electron chi connectivity index (χ2n) is 6.47. The molecule has 0 radical (unpaired) electrons. The number of nitrogens with one attached hydrogen (secondary N) is 1. The normalized spacial score (nSPS) is 19.4. The van der Waals surface area contributed by atoms with E-state index in [1.54, 1.807) is 0 Å². The zero-order valence-corrected chi connectivity index (χ0v) is 15.0. The monoisotopic (exact) mass is 332 g/mol. The summed E-state index contributed by atoms with van der Waals surface area (Å²) in [4.78, 5) is 16.7. The minimum Gasteiger partial charge on any atom is -0.356 e. The lowest BCUT2D eigenvalue weighted by Crippen LogP contribution is -2.33. The summed E-state index contributed by atoms with van der Waals surface area (Å²) in [7, 11) is 0. The molecule has 0 fully saturated rings. The zero-order chi connectivity index (χ0) is 17.8. The van der Waals surface area contributed by atoms with Crippen LogP contribution in [0.25, 0.3) is 16.8 Å². The fourth-order valence-corrected chi connectivity index (χ4v) is 3.38. The Kier molecular flexibility index (Phi) is 5.13. The molecule has 0 spiro atoms.